The van der Waals surface area contributed by atoms with Crippen LogP contribution in [-0.4, -0.2) is 4.57 Å². The fourth-order valence-corrected chi connectivity index (χ4v) is 7.19. The molecule has 8 rings (SSSR count). The zero-order valence-electron chi connectivity index (χ0n) is 26.5. The lowest BCUT2D eigenvalue weighted by atomic mass is 9.80. The number of hydrogen-bond acceptors (Lipinski definition) is 1. The second-order valence-electron chi connectivity index (χ2n) is 12.8. The lowest BCUT2D eigenvalue weighted by Gasteiger charge is -2.27. The number of anilines is 3. The Bertz CT molecular complexity index is 2050. The standard InChI is InChI=1S/C44H38N2/c1-31-29-42-41-15-9-10-16-43(41)46(44(42)30-32(31)2)40-27-23-36(24-28-40)34-19-17-33(18-20-34)35-21-25-39(26-22-35)45(37-11-5-3-6-12-37)38-13-7-4-8-14-38/h3-28,31-32H,29-30H2,1-2H3. The van der Waals surface area contributed by atoms with Gasteiger partial charge in [0.2, 0.25) is 0 Å². The van der Waals surface area contributed by atoms with E-state index in [0.717, 1.165) is 29.9 Å². The van der Waals surface area contributed by atoms with Crippen LogP contribution in [-0.2, 0) is 12.8 Å². The van der Waals surface area contributed by atoms with Crippen molar-refractivity contribution in [3.8, 4) is 27.9 Å². The van der Waals surface area contributed by atoms with Crippen molar-refractivity contribution in [3.63, 3.8) is 0 Å². The van der Waals surface area contributed by atoms with Crippen molar-refractivity contribution in [1.29, 1.82) is 0 Å². The summed E-state index contributed by atoms with van der Waals surface area (Å²) in [7, 11) is 0. The molecular weight excluding hydrogens is 556 g/mol. The van der Waals surface area contributed by atoms with Gasteiger partial charge in [-0.1, -0.05) is 117 Å². The normalized spacial score (nSPS) is 15.9. The van der Waals surface area contributed by atoms with E-state index in [9.17, 15) is 0 Å². The van der Waals surface area contributed by atoms with Gasteiger partial charge >= 0.3 is 0 Å². The number of fused-ring (bicyclic) bond motifs is 3. The number of nitrogens with zero attached hydrogens (tertiary/aromatic N) is 2. The minimum Gasteiger partial charge on any atom is -0.313 e. The monoisotopic (exact) mass is 594 g/mol. The van der Waals surface area contributed by atoms with Crippen LogP contribution in [0.2, 0.25) is 0 Å². The third-order valence-electron chi connectivity index (χ3n) is 9.93. The lowest BCUT2D eigenvalue weighted by molar-refractivity contribution is 0.357. The largest absolute Gasteiger partial charge is 0.313 e. The molecule has 7 aromatic rings. The van der Waals surface area contributed by atoms with Crippen molar-refractivity contribution in [2.24, 2.45) is 11.8 Å². The van der Waals surface area contributed by atoms with Crippen molar-refractivity contribution in [1.82, 2.24) is 4.57 Å². The maximum Gasteiger partial charge on any atom is 0.0534 e. The molecule has 2 atom stereocenters. The van der Waals surface area contributed by atoms with Crippen molar-refractivity contribution < 1.29 is 0 Å². The maximum atomic E-state index is 2.51. The molecule has 0 fully saturated rings. The summed E-state index contributed by atoms with van der Waals surface area (Å²) < 4.78 is 2.51. The highest BCUT2D eigenvalue weighted by Gasteiger charge is 2.28. The van der Waals surface area contributed by atoms with Crippen LogP contribution in [0, 0.1) is 11.8 Å². The number of hydrogen-bond donors (Lipinski definition) is 0. The van der Waals surface area contributed by atoms with Crippen molar-refractivity contribution in [2.75, 3.05) is 4.90 Å². The minimum absolute atomic E-state index is 0.691. The predicted molar refractivity (Wildman–Crippen MR) is 195 cm³/mol. The molecule has 224 valence electrons. The highest BCUT2D eigenvalue weighted by atomic mass is 15.1. The van der Waals surface area contributed by atoms with Crippen LogP contribution in [0.3, 0.4) is 0 Å². The molecule has 1 aliphatic carbocycles. The van der Waals surface area contributed by atoms with Crippen LogP contribution < -0.4 is 4.90 Å². The first-order valence-corrected chi connectivity index (χ1v) is 16.5. The molecule has 0 radical (unpaired) electrons. The van der Waals surface area contributed by atoms with Crippen LogP contribution in [0.1, 0.15) is 25.1 Å². The number of benzene rings is 6. The minimum atomic E-state index is 0.691. The average molecular weight is 595 g/mol. The summed E-state index contributed by atoms with van der Waals surface area (Å²) in [6.45, 7) is 4.81. The van der Waals surface area contributed by atoms with E-state index < -0.39 is 0 Å². The first-order valence-electron chi connectivity index (χ1n) is 16.5. The fourth-order valence-electron chi connectivity index (χ4n) is 7.19. The Hall–Kier alpha value is -5.34. The van der Waals surface area contributed by atoms with E-state index in [1.807, 2.05) is 0 Å². The molecule has 6 aromatic carbocycles. The maximum absolute atomic E-state index is 2.51. The third kappa shape index (κ3) is 5.10. The van der Waals surface area contributed by atoms with E-state index in [0.29, 0.717) is 11.8 Å². The van der Waals surface area contributed by atoms with Gasteiger partial charge in [-0.05, 0) is 107 Å². The molecule has 46 heavy (non-hydrogen) atoms. The molecule has 0 bridgehead atoms. The van der Waals surface area contributed by atoms with E-state index in [1.54, 1.807) is 5.56 Å². The van der Waals surface area contributed by atoms with E-state index in [1.165, 1.54) is 44.5 Å². The highest BCUT2D eigenvalue weighted by molar-refractivity contribution is 5.88. The van der Waals surface area contributed by atoms with Gasteiger partial charge in [0, 0.05) is 33.8 Å². The topological polar surface area (TPSA) is 8.17 Å². The Morgan fingerprint density at radius 3 is 1.46 bits per heavy atom. The van der Waals surface area contributed by atoms with Gasteiger partial charge in [-0.2, -0.15) is 0 Å². The molecule has 1 heterocycles. The van der Waals surface area contributed by atoms with Gasteiger partial charge in [0.25, 0.3) is 0 Å². The average Bonchev–Trinajstić information content (AvgIpc) is 3.43. The Balaban J connectivity index is 1.05. The van der Waals surface area contributed by atoms with Gasteiger partial charge in [0.1, 0.15) is 0 Å². The molecule has 0 N–H and O–H groups in total. The highest BCUT2D eigenvalue weighted by Crippen LogP contribution is 2.39. The van der Waals surface area contributed by atoms with Crippen molar-refractivity contribution in [3.05, 3.63) is 169 Å². The van der Waals surface area contributed by atoms with Gasteiger partial charge in [-0.25, -0.2) is 0 Å². The van der Waals surface area contributed by atoms with Crippen LogP contribution in [0.15, 0.2) is 158 Å². The van der Waals surface area contributed by atoms with Gasteiger partial charge in [-0.3, -0.25) is 0 Å². The second kappa shape index (κ2) is 11.9. The van der Waals surface area contributed by atoms with Crippen molar-refractivity contribution >= 4 is 28.0 Å². The molecule has 0 amide bonds. The van der Waals surface area contributed by atoms with E-state index >= 15 is 0 Å². The zero-order valence-corrected chi connectivity index (χ0v) is 26.5. The van der Waals surface area contributed by atoms with Crippen LogP contribution in [0.5, 0.6) is 0 Å². The fraction of sp³-hybridized carbons (Fsp3) is 0.136. The first kappa shape index (κ1) is 28.2. The summed E-state index contributed by atoms with van der Waals surface area (Å²) in [5.74, 6) is 1.41. The molecule has 1 aromatic heterocycles. The smallest absolute Gasteiger partial charge is 0.0534 e. The number of para-hydroxylation sites is 3. The van der Waals surface area contributed by atoms with Crippen LogP contribution in [0.4, 0.5) is 17.1 Å². The zero-order chi connectivity index (χ0) is 31.0. The lowest BCUT2D eigenvalue weighted by Crippen LogP contribution is -2.21. The summed E-state index contributed by atoms with van der Waals surface area (Å²) >= 11 is 0. The molecule has 0 saturated heterocycles. The first-order chi connectivity index (χ1) is 22.6. The SMILES string of the molecule is CC1Cc2c(n(-c3ccc(-c4ccc(-c5ccc(N(c6ccccc6)c6ccccc6)cc5)cc4)cc3)c3ccccc23)CC1C. The Morgan fingerprint density at radius 2 is 0.891 bits per heavy atom. The van der Waals surface area contributed by atoms with Crippen LogP contribution in [0.25, 0.3) is 38.8 Å². The summed E-state index contributed by atoms with van der Waals surface area (Å²) in [6, 6.07) is 57.0. The summed E-state index contributed by atoms with van der Waals surface area (Å²) in [5, 5.41) is 1.41. The van der Waals surface area contributed by atoms with Crippen molar-refractivity contribution in [2.45, 2.75) is 26.7 Å². The van der Waals surface area contributed by atoms with Gasteiger partial charge in [-0.15, -0.1) is 0 Å². The van der Waals surface area contributed by atoms with Gasteiger partial charge in [0.15, 0.2) is 0 Å². The van der Waals surface area contributed by atoms with Gasteiger partial charge in [0.05, 0.1) is 5.52 Å². The number of rotatable bonds is 6. The molecule has 1 aliphatic rings. The van der Waals surface area contributed by atoms with E-state index in [2.05, 4.69) is 181 Å². The van der Waals surface area contributed by atoms with E-state index in [4.69, 9.17) is 0 Å². The van der Waals surface area contributed by atoms with Crippen LogP contribution >= 0.6 is 0 Å². The quantitative estimate of drug-likeness (QED) is 0.186. The molecule has 2 heteroatoms. The molecule has 0 aliphatic heterocycles. The third-order valence-corrected chi connectivity index (χ3v) is 9.93. The Labute approximate surface area is 272 Å². The number of aromatic nitrogens is 1. The molecule has 2 unspecified atom stereocenters. The summed E-state index contributed by atoms with van der Waals surface area (Å²) in [4.78, 5) is 2.30. The molecular formula is C44H38N2. The van der Waals surface area contributed by atoms with Gasteiger partial charge < -0.3 is 9.47 Å². The Morgan fingerprint density at radius 1 is 0.457 bits per heavy atom. The molecule has 2 nitrogen and oxygen atoms in total. The van der Waals surface area contributed by atoms with E-state index in [-0.39, 0.29) is 0 Å². The second-order valence-corrected chi connectivity index (χ2v) is 12.8. The molecule has 0 spiro atoms. The Kier molecular flexibility index (Phi) is 7.27. The molecule has 0 saturated carbocycles. The summed E-state index contributed by atoms with van der Waals surface area (Å²) in [6.07, 6.45) is 2.29. The predicted octanol–water partition coefficient (Wildman–Crippen LogP) is 11.8. The summed E-state index contributed by atoms with van der Waals surface area (Å²) in [5.41, 5.74) is 13.9.